The summed E-state index contributed by atoms with van der Waals surface area (Å²) in [5, 5.41) is 12.4. The van der Waals surface area contributed by atoms with Crippen LogP contribution in [0, 0.1) is 0 Å². The second kappa shape index (κ2) is 5.91. The first-order chi connectivity index (χ1) is 12.4. The van der Waals surface area contributed by atoms with Crippen LogP contribution in [0.15, 0.2) is 70.0 Å². The summed E-state index contributed by atoms with van der Waals surface area (Å²) >= 11 is 3.29. The first-order valence-corrected chi connectivity index (χ1v) is 9.47. The van der Waals surface area contributed by atoms with E-state index in [0.717, 1.165) is 37.8 Å². The molecule has 0 amide bonds. The van der Waals surface area contributed by atoms with Crippen LogP contribution in [0.25, 0.3) is 43.3 Å². The zero-order valence-electron chi connectivity index (χ0n) is 12.9. The van der Waals surface area contributed by atoms with Crippen LogP contribution < -0.4 is 0 Å². The van der Waals surface area contributed by atoms with Crippen LogP contribution in [-0.2, 0) is 0 Å². The van der Waals surface area contributed by atoms with Gasteiger partial charge in [0, 0.05) is 16.0 Å². The molecule has 5 rings (SSSR count). The smallest absolute Gasteiger partial charge is 0.163 e. The topological polar surface area (TPSA) is 51.8 Å². The van der Waals surface area contributed by atoms with Gasteiger partial charge in [0.15, 0.2) is 5.52 Å². The van der Waals surface area contributed by atoms with Gasteiger partial charge < -0.3 is 0 Å². The first-order valence-electron chi connectivity index (χ1n) is 7.71. The lowest BCUT2D eigenvalue weighted by atomic mass is 10.0. The summed E-state index contributed by atoms with van der Waals surface area (Å²) in [7, 11) is 0. The van der Waals surface area contributed by atoms with Crippen molar-refractivity contribution in [1.29, 1.82) is 0 Å². The van der Waals surface area contributed by atoms with Gasteiger partial charge in [0.1, 0.15) is 11.2 Å². The molecule has 1 aromatic carbocycles. The third-order valence-corrected chi connectivity index (χ3v) is 5.74. The van der Waals surface area contributed by atoms with Gasteiger partial charge in [-0.25, -0.2) is 9.61 Å². The molecule has 0 aliphatic rings. The van der Waals surface area contributed by atoms with Gasteiger partial charge in [-0.15, -0.1) is 22.7 Å². The maximum atomic E-state index is 5.10. The molecule has 25 heavy (non-hydrogen) atoms. The third-order valence-electron chi connectivity index (χ3n) is 3.98. The number of benzene rings is 1. The highest BCUT2D eigenvalue weighted by atomic mass is 32.1. The molecule has 4 heterocycles. The van der Waals surface area contributed by atoms with Crippen molar-refractivity contribution in [1.82, 2.24) is 15.3 Å². The zero-order valence-corrected chi connectivity index (χ0v) is 14.6. The Balaban J connectivity index is 1.91. The van der Waals surface area contributed by atoms with Gasteiger partial charge in [-0.3, -0.25) is 0 Å². The van der Waals surface area contributed by atoms with E-state index in [-0.39, 0.29) is 0 Å². The van der Waals surface area contributed by atoms with E-state index in [1.165, 1.54) is 0 Å². The van der Waals surface area contributed by atoms with Crippen molar-refractivity contribution in [2.45, 2.75) is 0 Å². The number of aromatic nitrogens is 3. The van der Waals surface area contributed by atoms with Crippen molar-refractivity contribution >= 4 is 33.7 Å². The molecule has 0 atom stereocenters. The second-order valence-electron chi connectivity index (χ2n) is 5.47. The summed E-state index contributed by atoms with van der Waals surface area (Å²) in [4.78, 5) is 7.15. The van der Waals surface area contributed by atoms with Crippen molar-refractivity contribution in [3.63, 3.8) is 0 Å². The molecular formula is C19H11N3OS2. The highest BCUT2D eigenvalue weighted by molar-refractivity contribution is 7.14. The maximum Gasteiger partial charge on any atom is 0.163 e. The van der Waals surface area contributed by atoms with Gasteiger partial charge in [0.05, 0.1) is 10.6 Å². The van der Waals surface area contributed by atoms with Gasteiger partial charge in [-0.1, -0.05) is 42.5 Å². The molecule has 120 valence electrons. The van der Waals surface area contributed by atoms with Crippen LogP contribution in [0.2, 0.25) is 0 Å². The lowest BCUT2D eigenvalue weighted by Crippen LogP contribution is -1.94. The predicted octanol–water partition coefficient (Wildman–Crippen LogP) is 5.74. The minimum Gasteiger partial charge on any atom is -0.244 e. The number of hydrogen-bond donors (Lipinski definition) is 0. The Morgan fingerprint density at radius 1 is 0.680 bits per heavy atom. The monoisotopic (exact) mass is 361 g/mol. The fraction of sp³-hybridized carbons (Fsp3) is 0. The molecule has 0 radical (unpaired) electrons. The maximum absolute atomic E-state index is 5.10. The van der Waals surface area contributed by atoms with Crippen LogP contribution in [0.3, 0.4) is 0 Å². The number of thiophene rings is 2. The summed E-state index contributed by atoms with van der Waals surface area (Å²) in [6, 6.07) is 18.3. The summed E-state index contributed by atoms with van der Waals surface area (Å²) in [5.41, 5.74) is 5.18. The fourth-order valence-corrected chi connectivity index (χ4v) is 4.37. The Morgan fingerprint density at radius 3 is 2.12 bits per heavy atom. The predicted molar refractivity (Wildman–Crippen MR) is 102 cm³/mol. The van der Waals surface area contributed by atoms with Gasteiger partial charge in [-0.2, -0.15) is 0 Å². The highest BCUT2D eigenvalue weighted by Crippen LogP contribution is 2.41. The van der Waals surface area contributed by atoms with E-state index < -0.39 is 0 Å². The fourth-order valence-electron chi connectivity index (χ4n) is 2.88. The summed E-state index contributed by atoms with van der Waals surface area (Å²) in [6.45, 7) is 0. The molecule has 6 heteroatoms. The van der Waals surface area contributed by atoms with Crippen molar-refractivity contribution in [2.75, 3.05) is 0 Å². The van der Waals surface area contributed by atoms with Crippen molar-refractivity contribution in [2.24, 2.45) is 0 Å². The van der Waals surface area contributed by atoms with Gasteiger partial charge in [0.2, 0.25) is 0 Å². The van der Waals surface area contributed by atoms with Gasteiger partial charge >= 0.3 is 0 Å². The quantitative estimate of drug-likeness (QED) is 0.411. The van der Waals surface area contributed by atoms with Crippen LogP contribution >= 0.6 is 22.7 Å². The van der Waals surface area contributed by atoms with Crippen molar-refractivity contribution in [3.8, 4) is 32.3 Å². The van der Waals surface area contributed by atoms with Crippen molar-refractivity contribution in [3.05, 3.63) is 65.4 Å². The van der Waals surface area contributed by atoms with E-state index in [1.807, 2.05) is 41.8 Å². The molecular weight excluding hydrogens is 350 g/mol. The Bertz CT molecular complexity index is 1130. The Hall–Kier alpha value is -2.83. The molecule has 0 fully saturated rings. The minimum absolute atomic E-state index is 0.700. The Kier molecular flexibility index (Phi) is 3.43. The molecule has 0 bridgehead atoms. The van der Waals surface area contributed by atoms with E-state index in [2.05, 4.69) is 33.9 Å². The van der Waals surface area contributed by atoms with Gasteiger partial charge in [0.25, 0.3) is 0 Å². The van der Waals surface area contributed by atoms with E-state index in [9.17, 15) is 0 Å². The minimum atomic E-state index is 0.700. The average molecular weight is 361 g/mol. The molecule has 0 N–H and O–H groups in total. The molecule has 0 aliphatic carbocycles. The first kappa shape index (κ1) is 14.5. The van der Waals surface area contributed by atoms with Gasteiger partial charge in [-0.05, 0) is 33.2 Å². The molecule has 5 aromatic rings. The summed E-state index contributed by atoms with van der Waals surface area (Å²) < 4.78 is 5.10. The lowest BCUT2D eigenvalue weighted by molar-refractivity contribution is 0.315. The number of nitrogens with zero attached hydrogens (tertiary/aromatic N) is 3. The average Bonchev–Trinajstić information content (AvgIpc) is 3.43. The molecule has 0 saturated carbocycles. The molecule has 0 saturated heterocycles. The molecule has 0 aliphatic heterocycles. The van der Waals surface area contributed by atoms with E-state index in [4.69, 9.17) is 9.61 Å². The third kappa shape index (κ3) is 2.38. The van der Waals surface area contributed by atoms with E-state index >= 15 is 0 Å². The zero-order chi connectivity index (χ0) is 16.6. The van der Waals surface area contributed by atoms with E-state index in [0.29, 0.717) is 5.52 Å². The van der Waals surface area contributed by atoms with Crippen LogP contribution in [0.5, 0.6) is 0 Å². The molecule has 0 unspecified atom stereocenters. The second-order valence-corrected chi connectivity index (χ2v) is 7.36. The van der Waals surface area contributed by atoms with Crippen LogP contribution in [-0.4, -0.2) is 15.3 Å². The normalized spacial score (nSPS) is 11.2. The van der Waals surface area contributed by atoms with Crippen LogP contribution in [0.4, 0.5) is 0 Å². The number of fused-ring (bicyclic) bond motifs is 1. The standard InChI is InChI=1S/C19H11N3OS2/c1-2-6-12(7-3-1)16-15(13-8-4-10-24-13)18-19(22-23-21-18)17(20-16)14-9-5-11-25-14/h1-11H. The lowest BCUT2D eigenvalue weighted by Gasteiger charge is -2.10. The molecule has 4 aromatic heterocycles. The number of hydrogen-bond acceptors (Lipinski definition) is 6. The number of pyridine rings is 1. The molecule has 4 nitrogen and oxygen atoms in total. The summed E-state index contributed by atoms with van der Waals surface area (Å²) in [5.74, 6) is 0. The highest BCUT2D eigenvalue weighted by Gasteiger charge is 2.22. The Morgan fingerprint density at radius 2 is 1.40 bits per heavy atom. The largest absolute Gasteiger partial charge is 0.244 e. The van der Waals surface area contributed by atoms with Crippen molar-refractivity contribution < 1.29 is 4.63 Å². The Labute approximate surface area is 151 Å². The summed E-state index contributed by atoms with van der Waals surface area (Å²) in [6.07, 6.45) is 0. The van der Waals surface area contributed by atoms with Crippen LogP contribution in [0.1, 0.15) is 0 Å². The number of rotatable bonds is 3. The molecule has 0 spiro atoms. The SMILES string of the molecule is c1ccc(-c2nc(-c3cccs3)c3nonc3c2-c2cccs2)cc1. The van der Waals surface area contributed by atoms with E-state index in [1.54, 1.807) is 22.7 Å².